The maximum absolute atomic E-state index is 14.5. The highest BCUT2D eigenvalue weighted by Crippen LogP contribution is 2.27. The van der Waals surface area contributed by atoms with Gasteiger partial charge in [-0.2, -0.15) is 0 Å². The predicted octanol–water partition coefficient (Wildman–Crippen LogP) is 7.62. The van der Waals surface area contributed by atoms with Crippen LogP contribution in [0.5, 0.6) is 0 Å². The summed E-state index contributed by atoms with van der Waals surface area (Å²) in [7, 11) is 0. The molecule has 47 heavy (non-hydrogen) atoms. The van der Waals surface area contributed by atoms with Gasteiger partial charge in [-0.15, -0.1) is 0 Å². The van der Waals surface area contributed by atoms with Gasteiger partial charge in [-0.05, 0) is 68.0 Å². The number of piperazine rings is 1. The summed E-state index contributed by atoms with van der Waals surface area (Å²) in [6, 6.07) is 32.1. The van der Waals surface area contributed by atoms with E-state index in [9.17, 15) is 18.4 Å². The number of ether oxygens (including phenoxy) is 1. The van der Waals surface area contributed by atoms with E-state index in [4.69, 9.17) is 4.74 Å². The molecular formula is C39H43F2N3O3. The van der Waals surface area contributed by atoms with E-state index in [1.54, 1.807) is 25.7 Å². The van der Waals surface area contributed by atoms with Gasteiger partial charge in [0.1, 0.15) is 23.3 Å². The van der Waals surface area contributed by atoms with E-state index in [0.29, 0.717) is 38.3 Å². The molecule has 8 heteroatoms. The number of carbonyl (C=O) groups is 2. The van der Waals surface area contributed by atoms with Crippen molar-refractivity contribution >= 4 is 12.0 Å². The number of nitrogens with zero attached hydrogens (tertiary/aromatic N) is 3. The Morgan fingerprint density at radius 1 is 0.787 bits per heavy atom. The molecule has 4 aromatic carbocycles. The van der Waals surface area contributed by atoms with Gasteiger partial charge in [0.05, 0.1) is 0 Å². The molecule has 2 amide bonds. The van der Waals surface area contributed by atoms with Crippen LogP contribution in [0.25, 0.3) is 0 Å². The van der Waals surface area contributed by atoms with Crippen LogP contribution in [0.3, 0.4) is 0 Å². The molecule has 1 aliphatic rings. The van der Waals surface area contributed by atoms with Gasteiger partial charge in [-0.25, -0.2) is 13.6 Å². The summed E-state index contributed by atoms with van der Waals surface area (Å²) >= 11 is 0. The third-order valence-corrected chi connectivity index (χ3v) is 8.29. The monoisotopic (exact) mass is 639 g/mol. The first-order chi connectivity index (χ1) is 22.5. The van der Waals surface area contributed by atoms with Crippen molar-refractivity contribution < 1.29 is 23.1 Å². The van der Waals surface area contributed by atoms with E-state index in [0.717, 1.165) is 22.8 Å². The zero-order valence-electron chi connectivity index (χ0n) is 27.3. The third kappa shape index (κ3) is 9.72. The second-order valence-electron chi connectivity index (χ2n) is 13.2. The van der Waals surface area contributed by atoms with E-state index >= 15 is 0 Å². The second-order valence-corrected chi connectivity index (χ2v) is 13.2. The molecule has 0 radical (unpaired) electrons. The molecule has 4 aromatic rings. The molecule has 1 aliphatic heterocycles. The molecule has 1 unspecified atom stereocenters. The highest BCUT2D eigenvalue weighted by atomic mass is 19.1. The molecule has 1 heterocycles. The van der Waals surface area contributed by atoms with Crippen LogP contribution in [0, 0.1) is 11.6 Å². The van der Waals surface area contributed by atoms with Gasteiger partial charge < -0.3 is 9.64 Å². The molecule has 246 valence electrons. The summed E-state index contributed by atoms with van der Waals surface area (Å²) < 4.78 is 34.8. The van der Waals surface area contributed by atoms with Gasteiger partial charge in [-0.3, -0.25) is 14.6 Å². The molecule has 1 fully saturated rings. The van der Waals surface area contributed by atoms with Crippen molar-refractivity contribution in [3.05, 3.63) is 143 Å². The predicted molar refractivity (Wildman–Crippen MR) is 179 cm³/mol. The minimum Gasteiger partial charge on any atom is -0.444 e. The van der Waals surface area contributed by atoms with Crippen molar-refractivity contribution in [2.24, 2.45) is 0 Å². The molecule has 0 saturated carbocycles. The molecular weight excluding hydrogens is 596 g/mol. The molecule has 2 atom stereocenters. The lowest BCUT2D eigenvalue weighted by Gasteiger charge is -2.43. The number of rotatable bonds is 11. The fourth-order valence-corrected chi connectivity index (χ4v) is 6.14. The molecule has 5 rings (SSSR count). The summed E-state index contributed by atoms with van der Waals surface area (Å²) in [5, 5.41) is 0. The minimum atomic E-state index is -0.847. The number of hydrogen-bond donors (Lipinski definition) is 0. The lowest BCUT2D eigenvalue weighted by molar-refractivity contribution is -0.143. The minimum absolute atomic E-state index is 0.180. The molecule has 0 N–H and O–H groups in total. The van der Waals surface area contributed by atoms with Gasteiger partial charge in [0.15, 0.2) is 0 Å². The van der Waals surface area contributed by atoms with Crippen molar-refractivity contribution in [2.75, 3.05) is 13.1 Å². The number of hydrogen-bond acceptors (Lipinski definition) is 4. The van der Waals surface area contributed by atoms with Gasteiger partial charge in [0, 0.05) is 44.8 Å². The van der Waals surface area contributed by atoms with Crippen molar-refractivity contribution in [3.63, 3.8) is 0 Å². The van der Waals surface area contributed by atoms with Gasteiger partial charge in [0.2, 0.25) is 5.91 Å². The van der Waals surface area contributed by atoms with Crippen LogP contribution in [-0.2, 0) is 35.6 Å². The Bertz CT molecular complexity index is 1550. The standard InChI is InChI=1S/C39H43F2N3O3/c1-39(2,3)47-38(46)44-20-19-42(26-29-13-7-4-8-14-29)37(45)36(44)25-35(23-32-21-33(40)24-34(41)22-32)43(27-30-15-9-5-10-16-30)28-31-17-11-6-12-18-31/h4-18,21-22,24,35-36H,19-20,23,25-28H2,1-3H3/t35?,36-/m0/s1. The number of amides is 2. The van der Waals surface area contributed by atoms with Crippen LogP contribution in [0.1, 0.15) is 49.4 Å². The van der Waals surface area contributed by atoms with E-state index < -0.39 is 29.4 Å². The molecule has 1 saturated heterocycles. The van der Waals surface area contributed by atoms with Gasteiger partial charge in [0.25, 0.3) is 0 Å². The second kappa shape index (κ2) is 15.4. The van der Waals surface area contributed by atoms with Crippen LogP contribution < -0.4 is 0 Å². The molecule has 6 nitrogen and oxygen atoms in total. The Hall–Kier alpha value is -4.56. The molecule has 0 spiro atoms. The average Bonchev–Trinajstić information content (AvgIpc) is 3.02. The van der Waals surface area contributed by atoms with E-state index in [1.165, 1.54) is 17.0 Å². The first kappa shape index (κ1) is 33.8. The Morgan fingerprint density at radius 2 is 1.30 bits per heavy atom. The molecule has 0 aromatic heterocycles. The fraction of sp³-hybridized carbons (Fsp3) is 0.333. The maximum atomic E-state index is 14.5. The smallest absolute Gasteiger partial charge is 0.411 e. The summed E-state index contributed by atoms with van der Waals surface area (Å²) in [6.45, 7) is 7.54. The van der Waals surface area contributed by atoms with Crippen LogP contribution in [0.4, 0.5) is 13.6 Å². The van der Waals surface area contributed by atoms with Crippen LogP contribution in [0.15, 0.2) is 109 Å². The van der Waals surface area contributed by atoms with Crippen molar-refractivity contribution in [1.29, 1.82) is 0 Å². The summed E-state index contributed by atoms with van der Waals surface area (Å²) in [5.74, 6) is -1.50. The third-order valence-electron chi connectivity index (χ3n) is 8.29. The summed E-state index contributed by atoms with van der Waals surface area (Å²) in [4.78, 5) is 33.6. The molecule has 0 bridgehead atoms. The number of carbonyl (C=O) groups excluding carboxylic acids is 2. The summed E-state index contributed by atoms with van der Waals surface area (Å²) in [5.41, 5.74) is 2.84. The van der Waals surface area contributed by atoms with E-state index in [2.05, 4.69) is 4.90 Å². The Morgan fingerprint density at radius 3 is 1.81 bits per heavy atom. The van der Waals surface area contributed by atoms with Crippen LogP contribution in [0.2, 0.25) is 0 Å². The van der Waals surface area contributed by atoms with Gasteiger partial charge in [-0.1, -0.05) is 91.0 Å². The fourth-order valence-electron chi connectivity index (χ4n) is 6.14. The van der Waals surface area contributed by atoms with E-state index in [-0.39, 0.29) is 24.8 Å². The molecule has 0 aliphatic carbocycles. The number of benzene rings is 4. The van der Waals surface area contributed by atoms with E-state index in [1.807, 2.05) is 91.0 Å². The van der Waals surface area contributed by atoms with Crippen LogP contribution >= 0.6 is 0 Å². The summed E-state index contributed by atoms with van der Waals surface area (Å²) in [6.07, 6.45) is -0.0522. The Balaban J connectivity index is 1.54. The zero-order valence-corrected chi connectivity index (χ0v) is 27.3. The van der Waals surface area contributed by atoms with Gasteiger partial charge >= 0.3 is 6.09 Å². The van der Waals surface area contributed by atoms with Crippen molar-refractivity contribution in [1.82, 2.24) is 14.7 Å². The number of halogens is 2. The normalized spacial score (nSPS) is 16.0. The quantitative estimate of drug-likeness (QED) is 0.170. The van der Waals surface area contributed by atoms with Crippen molar-refractivity contribution in [3.8, 4) is 0 Å². The lowest BCUT2D eigenvalue weighted by Crippen LogP contribution is -2.60. The first-order valence-electron chi connectivity index (χ1n) is 16.1. The first-order valence-corrected chi connectivity index (χ1v) is 16.1. The highest BCUT2D eigenvalue weighted by Gasteiger charge is 2.41. The zero-order chi connectivity index (χ0) is 33.4. The highest BCUT2D eigenvalue weighted by molar-refractivity contribution is 5.87. The van der Waals surface area contributed by atoms with Crippen LogP contribution in [-0.4, -0.2) is 57.5 Å². The van der Waals surface area contributed by atoms with Crippen molar-refractivity contribution in [2.45, 2.75) is 70.9 Å². The lowest BCUT2D eigenvalue weighted by atomic mass is 9.94. The topological polar surface area (TPSA) is 53.1 Å². The largest absolute Gasteiger partial charge is 0.444 e. The Labute approximate surface area is 276 Å². The SMILES string of the molecule is CC(C)(C)OC(=O)N1CCN(Cc2ccccc2)C(=O)[C@@H]1CC(Cc1cc(F)cc(F)c1)N(Cc1ccccc1)Cc1ccccc1. The average molecular weight is 640 g/mol. The maximum Gasteiger partial charge on any atom is 0.411 e. The Kier molecular flexibility index (Phi) is 11.0.